The third-order valence-electron chi connectivity index (χ3n) is 7.38. The van der Waals surface area contributed by atoms with Crippen molar-refractivity contribution in [3.63, 3.8) is 0 Å². The van der Waals surface area contributed by atoms with Crippen LogP contribution in [0.2, 0.25) is 0 Å². The molecule has 0 saturated heterocycles. The number of fused-ring (bicyclic) bond motifs is 1. The first-order valence-electron chi connectivity index (χ1n) is 14.6. The van der Waals surface area contributed by atoms with E-state index in [1.165, 1.54) is 0 Å². The van der Waals surface area contributed by atoms with E-state index in [9.17, 15) is 14.7 Å². The lowest BCUT2D eigenvalue weighted by Gasteiger charge is -2.18. The number of amides is 1. The van der Waals surface area contributed by atoms with Crippen molar-refractivity contribution < 1.29 is 28.9 Å². The molecular weight excluding hydrogens is 568 g/mol. The number of carboxylic acids is 1. The number of benzene rings is 5. The van der Waals surface area contributed by atoms with Gasteiger partial charge in [0, 0.05) is 38.5 Å². The number of methoxy groups -OCH3 is 1. The number of anilines is 1. The largest absolute Gasteiger partial charge is 0.478 e. The molecule has 0 atom stereocenters. The van der Waals surface area contributed by atoms with Gasteiger partial charge in [-0.25, -0.2) is 4.79 Å². The highest BCUT2D eigenvalue weighted by Crippen LogP contribution is 2.25. The Labute approximate surface area is 262 Å². The lowest BCUT2D eigenvalue weighted by atomic mass is 10.0. The van der Waals surface area contributed by atoms with Gasteiger partial charge in [-0.2, -0.15) is 0 Å². The summed E-state index contributed by atoms with van der Waals surface area (Å²) in [7, 11) is 3.44. The lowest BCUT2D eigenvalue weighted by molar-refractivity contribution is -0.00841. The highest BCUT2D eigenvalue weighted by atomic mass is 16.7. The molecule has 45 heavy (non-hydrogen) atoms. The van der Waals surface area contributed by atoms with Crippen LogP contribution >= 0.6 is 0 Å². The monoisotopic (exact) mass is 604 g/mol. The molecule has 0 radical (unpaired) electrons. The van der Waals surface area contributed by atoms with Crippen LogP contribution in [0.1, 0.15) is 31.8 Å². The van der Waals surface area contributed by atoms with Crippen molar-refractivity contribution in [2.75, 3.05) is 39.5 Å². The van der Waals surface area contributed by atoms with Crippen molar-refractivity contribution in [2.24, 2.45) is 0 Å². The van der Waals surface area contributed by atoms with Gasteiger partial charge in [-0.05, 0) is 87.6 Å². The van der Waals surface area contributed by atoms with Crippen molar-refractivity contribution in [3.05, 3.63) is 131 Å². The molecule has 0 spiro atoms. The molecule has 1 amide bonds. The third-order valence-corrected chi connectivity index (χ3v) is 7.38. The van der Waals surface area contributed by atoms with E-state index in [2.05, 4.69) is 17.4 Å². The number of hydrogen-bond donors (Lipinski definition) is 2. The number of carbonyl (C=O) groups excluding carboxylic acids is 1. The van der Waals surface area contributed by atoms with Crippen LogP contribution in [-0.4, -0.2) is 56.0 Å². The first-order valence-corrected chi connectivity index (χ1v) is 14.6. The van der Waals surface area contributed by atoms with Gasteiger partial charge < -0.3 is 29.5 Å². The maximum atomic E-state index is 13.3. The molecule has 2 N–H and O–H groups in total. The van der Waals surface area contributed by atoms with E-state index in [4.69, 9.17) is 14.2 Å². The average Bonchev–Trinajstić information content (AvgIpc) is 3.07. The molecule has 0 fully saturated rings. The minimum absolute atomic E-state index is 0.0570. The summed E-state index contributed by atoms with van der Waals surface area (Å²) >= 11 is 0. The van der Waals surface area contributed by atoms with E-state index in [0.717, 1.165) is 38.7 Å². The Morgan fingerprint density at radius 2 is 1.51 bits per heavy atom. The van der Waals surface area contributed by atoms with Crippen LogP contribution in [0.3, 0.4) is 0 Å². The standard InChI is InChI=1S/C37H36N2O6/c1-39(36(40)32-10-9-31-22-35(16-13-30(31)21-32)45-25-44-18-17-43-2)24-27-6-4-7-29(20-27)28-11-14-34(15-12-28)38-23-26-5-3-8-33(19-26)37(41)42/h3-16,19-22,38H,17-18,23-25H2,1-2H3,(H,41,42). The maximum Gasteiger partial charge on any atom is 0.335 e. The Morgan fingerprint density at radius 3 is 2.31 bits per heavy atom. The summed E-state index contributed by atoms with van der Waals surface area (Å²) in [5, 5.41) is 14.5. The smallest absolute Gasteiger partial charge is 0.335 e. The second kappa shape index (κ2) is 15.0. The van der Waals surface area contributed by atoms with Gasteiger partial charge in [0.15, 0.2) is 6.79 Å². The van der Waals surface area contributed by atoms with Gasteiger partial charge in [0.05, 0.1) is 18.8 Å². The molecule has 0 aromatic heterocycles. The summed E-state index contributed by atoms with van der Waals surface area (Å²) in [6.07, 6.45) is 0. The number of carboxylic acid groups (broad SMARTS) is 1. The molecule has 5 aromatic carbocycles. The van der Waals surface area contributed by atoms with Gasteiger partial charge >= 0.3 is 5.97 Å². The molecule has 5 aromatic rings. The zero-order valence-corrected chi connectivity index (χ0v) is 25.4. The van der Waals surface area contributed by atoms with E-state index in [1.54, 1.807) is 30.2 Å². The van der Waals surface area contributed by atoms with Crippen LogP contribution in [0.5, 0.6) is 5.75 Å². The average molecular weight is 605 g/mol. The Balaban J connectivity index is 1.18. The van der Waals surface area contributed by atoms with Gasteiger partial charge in [-0.3, -0.25) is 4.79 Å². The number of hydrogen-bond acceptors (Lipinski definition) is 6. The van der Waals surface area contributed by atoms with E-state index in [1.807, 2.05) is 85.9 Å². The summed E-state index contributed by atoms with van der Waals surface area (Å²) in [6, 6.07) is 34.6. The van der Waals surface area contributed by atoms with Gasteiger partial charge in [0.2, 0.25) is 0 Å². The molecule has 0 aliphatic heterocycles. The summed E-state index contributed by atoms with van der Waals surface area (Å²) in [4.78, 5) is 26.3. The third kappa shape index (κ3) is 8.47. The Hall–Kier alpha value is -5.18. The maximum absolute atomic E-state index is 13.3. The van der Waals surface area contributed by atoms with Crippen molar-refractivity contribution in [1.29, 1.82) is 0 Å². The van der Waals surface area contributed by atoms with E-state index in [-0.39, 0.29) is 18.3 Å². The fraction of sp³-hybridized carbons (Fsp3) is 0.189. The molecule has 5 rings (SSSR count). The highest BCUT2D eigenvalue weighted by molar-refractivity contribution is 5.98. The van der Waals surface area contributed by atoms with Crippen molar-refractivity contribution in [1.82, 2.24) is 4.90 Å². The van der Waals surface area contributed by atoms with Gasteiger partial charge in [0.1, 0.15) is 5.75 Å². The minimum atomic E-state index is -0.936. The minimum Gasteiger partial charge on any atom is -0.478 e. The second-order valence-electron chi connectivity index (χ2n) is 10.7. The zero-order chi connectivity index (χ0) is 31.6. The number of carbonyl (C=O) groups is 2. The number of nitrogens with one attached hydrogen (secondary N) is 1. The van der Waals surface area contributed by atoms with Crippen LogP contribution in [0.15, 0.2) is 109 Å². The summed E-state index contributed by atoms with van der Waals surface area (Å²) in [6.45, 7) is 2.12. The summed E-state index contributed by atoms with van der Waals surface area (Å²) in [5.41, 5.74) is 5.87. The van der Waals surface area contributed by atoms with Gasteiger partial charge in [-0.15, -0.1) is 0 Å². The molecule has 0 unspecified atom stereocenters. The van der Waals surface area contributed by atoms with E-state index < -0.39 is 5.97 Å². The van der Waals surface area contributed by atoms with Crippen LogP contribution in [0.25, 0.3) is 21.9 Å². The fourth-order valence-electron chi connectivity index (χ4n) is 4.97. The number of rotatable bonds is 14. The normalized spacial score (nSPS) is 10.9. The van der Waals surface area contributed by atoms with Crippen LogP contribution in [0, 0.1) is 0 Å². The molecule has 0 heterocycles. The number of ether oxygens (including phenoxy) is 3. The molecule has 230 valence electrons. The van der Waals surface area contributed by atoms with Gasteiger partial charge in [-0.1, -0.05) is 54.6 Å². The SMILES string of the molecule is COCCOCOc1ccc2cc(C(=O)N(C)Cc3cccc(-c4ccc(NCc5cccc(C(=O)O)c5)cc4)c3)ccc2c1. The fourth-order valence-corrected chi connectivity index (χ4v) is 4.97. The van der Waals surface area contributed by atoms with E-state index in [0.29, 0.717) is 37.6 Å². The number of aromatic carboxylic acids is 1. The van der Waals surface area contributed by atoms with Crippen LogP contribution in [0.4, 0.5) is 5.69 Å². The zero-order valence-electron chi connectivity index (χ0n) is 25.4. The predicted octanol–water partition coefficient (Wildman–Crippen LogP) is 7.09. The molecular formula is C37H36N2O6. The first kappa shape index (κ1) is 31.3. The van der Waals surface area contributed by atoms with Crippen LogP contribution < -0.4 is 10.1 Å². The lowest BCUT2D eigenvalue weighted by Crippen LogP contribution is -2.26. The quantitative estimate of drug-likeness (QED) is 0.103. The molecule has 0 bridgehead atoms. The Bertz CT molecular complexity index is 1770. The van der Waals surface area contributed by atoms with Crippen molar-refractivity contribution in [2.45, 2.75) is 13.1 Å². The van der Waals surface area contributed by atoms with Crippen molar-refractivity contribution in [3.8, 4) is 16.9 Å². The summed E-state index contributed by atoms with van der Waals surface area (Å²) in [5.74, 6) is -0.293. The highest BCUT2D eigenvalue weighted by Gasteiger charge is 2.14. The molecule has 8 nitrogen and oxygen atoms in total. The van der Waals surface area contributed by atoms with Crippen LogP contribution in [-0.2, 0) is 22.6 Å². The molecule has 8 heteroatoms. The molecule has 0 aliphatic carbocycles. The van der Waals surface area contributed by atoms with E-state index >= 15 is 0 Å². The topological polar surface area (TPSA) is 97.3 Å². The molecule has 0 saturated carbocycles. The Kier molecular flexibility index (Phi) is 10.4. The number of nitrogens with zero attached hydrogens (tertiary/aromatic N) is 1. The predicted molar refractivity (Wildman–Crippen MR) is 176 cm³/mol. The second-order valence-corrected chi connectivity index (χ2v) is 10.7. The first-order chi connectivity index (χ1) is 21.9. The molecule has 0 aliphatic rings. The van der Waals surface area contributed by atoms with Crippen molar-refractivity contribution >= 4 is 28.3 Å². The van der Waals surface area contributed by atoms with Gasteiger partial charge in [0.25, 0.3) is 5.91 Å². The summed E-state index contributed by atoms with van der Waals surface area (Å²) < 4.78 is 16.0. The Morgan fingerprint density at radius 1 is 0.756 bits per heavy atom.